The van der Waals surface area contributed by atoms with Gasteiger partial charge >= 0.3 is 0 Å². The van der Waals surface area contributed by atoms with Crippen LogP contribution in [0.5, 0.6) is 0 Å². The van der Waals surface area contributed by atoms with Crippen LogP contribution in [-0.4, -0.2) is 7.85 Å². The Morgan fingerprint density at radius 2 is 1.73 bits per heavy atom. The van der Waals surface area contributed by atoms with E-state index in [1.165, 1.54) is 14.8 Å². The van der Waals surface area contributed by atoms with Crippen molar-refractivity contribution in [2.45, 2.75) is 6.92 Å². The van der Waals surface area contributed by atoms with E-state index in [4.69, 9.17) is 0 Å². The van der Waals surface area contributed by atoms with Crippen LogP contribution >= 0.6 is 0 Å². The Kier molecular flexibility index (Phi) is 1.93. The maximum atomic E-state index is 12.6. The van der Waals surface area contributed by atoms with Crippen molar-refractivity contribution in [3.8, 4) is 0 Å². The van der Waals surface area contributed by atoms with E-state index in [9.17, 15) is 13.2 Å². The van der Waals surface area contributed by atoms with Crippen molar-refractivity contribution in [2.75, 3.05) is 0 Å². The molecule has 0 saturated heterocycles. The average Bonchev–Trinajstić information content (AvgIpc) is 1.97. The molecule has 4 heteroatoms. The maximum absolute atomic E-state index is 12.6. The molecule has 0 bridgehead atoms. The van der Waals surface area contributed by atoms with Gasteiger partial charge < -0.3 is 0 Å². The Balaban J connectivity index is 3.46. The van der Waals surface area contributed by atoms with Crippen LogP contribution in [-0.2, 0) is 0 Å². The minimum absolute atomic E-state index is 0.00870. The van der Waals surface area contributed by atoms with Crippen LogP contribution in [0.4, 0.5) is 13.2 Å². The lowest BCUT2D eigenvalue weighted by atomic mass is 9.93. The molecule has 0 fully saturated rings. The third-order valence-electron chi connectivity index (χ3n) is 1.57. The highest BCUT2D eigenvalue weighted by Crippen LogP contribution is 2.09. The summed E-state index contributed by atoms with van der Waals surface area (Å²) in [5.41, 5.74) is -0.279. The zero-order valence-electron chi connectivity index (χ0n) is 6.21. The van der Waals surface area contributed by atoms with Gasteiger partial charge in [0.15, 0.2) is 11.6 Å². The molecule has 0 radical (unpaired) electrons. The molecule has 0 saturated carbocycles. The van der Waals surface area contributed by atoms with Crippen molar-refractivity contribution in [1.29, 1.82) is 0 Å². The molecule has 0 nitrogen and oxygen atoms in total. The van der Waals surface area contributed by atoms with Gasteiger partial charge in [-0.25, -0.2) is 13.2 Å². The Morgan fingerprint density at radius 1 is 1.18 bits per heavy atom. The van der Waals surface area contributed by atoms with E-state index >= 15 is 0 Å². The van der Waals surface area contributed by atoms with E-state index in [-0.39, 0.29) is 11.0 Å². The van der Waals surface area contributed by atoms with Crippen molar-refractivity contribution in [3.63, 3.8) is 0 Å². The van der Waals surface area contributed by atoms with Gasteiger partial charge in [0.1, 0.15) is 13.7 Å². The van der Waals surface area contributed by atoms with E-state index in [2.05, 4.69) is 0 Å². The van der Waals surface area contributed by atoms with Gasteiger partial charge in [-0.15, -0.1) is 0 Å². The lowest BCUT2D eigenvalue weighted by Gasteiger charge is -2.02. The second-order valence-electron chi connectivity index (χ2n) is 2.43. The van der Waals surface area contributed by atoms with Crippen LogP contribution in [0.3, 0.4) is 0 Å². The summed E-state index contributed by atoms with van der Waals surface area (Å²) in [7, 11) is 1.20. The molecule has 0 unspecified atom stereocenters. The molecular weight excluding hydrogens is 152 g/mol. The summed E-state index contributed by atoms with van der Waals surface area (Å²) in [5, 5.41) is 0. The van der Waals surface area contributed by atoms with Crippen molar-refractivity contribution < 1.29 is 13.2 Å². The van der Waals surface area contributed by atoms with Crippen LogP contribution in [0.1, 0.15) is 5.56 Å². The summed E-state index contributed by atoms with van der Waals surface area (Å²) in [6, 6.07) is 0.980. The Bertz CT molecular complexity index is 270. The van der Waals surface area contributed by atoms with Crippen LogP contribution in [0.2, 0.25) is 0 Å². The van der Waals surface area contributed by atoms with Gasteiger partial charge in [-0.05, 0) is 24.0 Å². The molecule has 0 aliphatic rings. The van der Waals surface area contributed by atoms with Gasteiger partial charge in [0.25, 0.3) is 0 Å². The van der Waals surface area contributed by atoms with E-state index in [0.717, 1.165) is 6.07 Å². The molecule has 0 N–H and O–H groups in total. The first-order chi connectivity index (χ1) is 5.04. The molecule has 0 aliphatic heterocycles. The highest BCUT2D eigenvalue weighted by atomic mass is 19.2. The fourth-order valence-corrected chi connectivity index (χ4v) is 0.804. The number of halogens is 3. The fraction of sp³-hybridized carbons (Fsp3) is 0.143. The number of hydrogen-bond acceptors (Lipinski definition) is 0. The van der Waals surface area contributed by atoms with E-state index < -0.39 is 17.5 Å². The predicted octanol–water partition coefficient (Wildman–Crippen LogP) is 0.671. The topological polar surface area (TPSA) is 0 Å². The lowest BCUT2D eigenvalue weighted by molar-refractivity contribution is 0.497. The van der Waals surface area contributed by atoms with Crippen molar-refractivity contribution in [3.05, 3.63) is 29.1 Å². The highest BCUT2D eigenvalue weighted by Gasteiger charge is 2.11. The van der Waals surface area contributed by atoms with Gasteiger partial charge in [-0.1, -0.05) is 0 Å². The summed E-state index contributed by atoms with van der Waals surface area (Å²) >= 11 is 0. The van der Waals surface area contributed by atoms with Gasteiger partial charge in [0.05, 0.1) is 0 Å². The van der Waals surface area contributed by atoms with Crippen molar-refractivity contribution in [1.82, 2.24) is 0 Å². The molecule has 0 atom stereocenters. The van der Waals surface area contributed by atoms with Crippen molar-refractivity contribution >= 4 is 13.3 Å². The van der Waals surface area contributed by atoms with E-state index in [1.54, 1.807) is 0 Å². The normalized spacial score (nSPS) is 10.2. The quantitative estimate of drug-likeness (QED) is 0.384. The molecule has 11 heavy (non-hydrogen) atoms. The van der Waals surface area contributed by atoms with Crippen molar-refractivity contribution in [2.24, 2.45) is 0 Å². The number of rotatable bonds is 0. The summed E-state index contributed by atoms with van der Waals surface area (Å²) < 4.78 is 37.9. The second-order valence-corrected chi connectivity index (χ2v) is 2.43. The molecule has 0 spiro atoms. The van der Waals surface area contributed by atoms with Gasteiger partial charge in [0, 0.05) is 0 Å². The molecule has 58 valence electrons. The first kappa shape index (κ1) is 8.17. The average molecular weight is 158 g/mol. The smallest absolute Gasteiger partial charge is 0.161 e. The van der Waals surface area contributed by atoms with Crippen LogP contribution in [0, 0.1) is 24.4 Å². The van der Waals surface area contributed by atoms with E-state index in [1.807, 2.05) is 0 Å². The van der Waals surface area contributed by atoms with Crippen LogP contribution in [0.25, 0.3) is 0 Å². The Hall–Kier alpha value is -0.925. The van der Waals surface area contributed by atoms with Crippen LogP contribution < -0.4 is 5.46 Å². The van der Waals surface area contributed by atoms with Gasteiger partial charge in [-0.3, -0.25) is 0 Å². The summed E-state index contributed by atoms with van der Waals surface area (Å²) in [6.45, 7) is 1.32. The number of hydrogen-bond donors (Lipinski definition) is 0. The lowest BCUT2D eigenvalue weighted by Crippen LogP contribution is -2.16. The molecule has 0 aliphatic carbocycles. The summed E-state index contributed by atoms with van der Waals surface area (Å²) in [6.07, 6.45) is 0. The van der Waals surface area contributed by atoms with E-state index in [0.29, 0.717) is 0 Å². The minimum Gasteiger partial charge on any atom is -0.208 e. The Labute approximate surface area is 63.4 Å². The third kappa shape index (κ3) is 1.25. The number of aryl methyl sites for hydroxylation is 1. The molecule has 0 heterocycles. The highest BCUT2D eigenvalue weighted by molar-refractivity contribution is 6.32. The summed E-state index contributed by atoms with van der Waals surface area (Å²) in [5.74, 6) is -2.77. The first-order valence-corrected chi connectivity index (χ1v) is 3.14. The monoisotopic (exact) mass is 158 g/mol. The molecule has 1 rings (SSSR count). The molecular formula is C7H6BF3. The molecule has 0 aromatic heterocycles. The molecule has 1 aromatic carbocycles. The summed E-state index contributed by atoms with van der Waals surface area (Å²) in [4.78, 5) is 0. The zero-order chi connectivity index (χ0) is 8.59. The molecule has 0 amide bonds. The largest absolute Gasteiger partial charge is 0.208 e. The molecule has 1 aromatic rings. The standard InChI is InChI=1S/C7H6BF3/c1-3-2-4(9)5(8)7(11)6(3)10/h2H,8H2,1H3. The maximum Gasteiger partial charge on any atom is 0.161 e. The third-order valence-corrected chi connectivity index (χ3v) is 1.57. The first-order valence-electron chi connectivity index (χ1n) is 3.14. The van der Waals surface area contributed by atoms with Gasteiger partial charge in [-0.2, -0.15) is 0 Å². The fourth-order valence-electron chi connectivity index (χ4n) is 0.804. The SMILES string of the molecule is Bc1c(F)cc(C)c(F)c1F. The second kappa shape index (κ2) is 2.60. The number of benzene rings is 1. The Morgan fingerprint density at radius 3 is 2.27 bits per heavy atom. The zero-order valence-corrected chi connectivity index (χ0v) is 6.21. The van der Waals surface area contributed by atoms with Gasteiger partial charge in [0.2, 0.25) is 0 Å². The minimum atomic E-state index is -1.09. The predicted molar refractivity (Wildman–Crippen MR) is 39.2 cm³/mol. The van der Waals surface area contributed by atoms with Crippen LogP contribution in [0.15, 0.2) is 6.07 Å².